The molecule has 0 unspecified atom stereocenters. The largest absolute Gasteiger partial charge is 0.493 e. The molecule has 1 aromatic heterocycles. The Labute approximate surface area is 123 Å². The fourth-order valence-corrected chi connectivity index (χ4v) is 2.29. The summed E-state index contributed by atoms with van der Waals surface area (Å²) in [7, 11) is 1.76. The minimum Gasteiger partial charge on any atom is -0.493 e. The molecule has 0 atom stereocenters. The third kappa shape index (κ3) is 3.13. The Bertz CT molecular complexity index is 662. The van der Waals surface area contributed by atoms with Gasteiger partial charge in [-0.2, -0.15) is 0 Å². The van der Waals surface area contributed by atoms with Crippen molar-refractivity contribution < 1.29 is 9.53 Å². The summed E-state index contributed by atoms with van der Waals surface area (Å²) in [5.41, 5.74) is 2.22. The Morgan fingerprint density at radius 3 is 3.24 bits per heavy atom. The van der Waals surface area contributed by atoms with E-state index in [1.165, 1.54) is 5.56 Å². The zero-order valence-electron chi connectivity index (χ0n) is 11.9. The van der Waals surface area contributed by atoms with Crippen molar-refractivity contribution in [1.29, 1.82) is 0 Å². The maximum Gasteiger partial charge on any atom is 0.246 e. The maximum absolute atomic E-state index is 12.0. The van der Waals surface area contributed by atoms with Gasteiger partial charge in [-0.3, -0.25) is 4.79 Å². The van der Waals surface area contributed by atoms with E-state index in [0.717, 1.165) is 30.2 Å². The van der Waals surface area contributed by atoms with Crippen LogP contribution in [0.5, 0.6) is 5.75 Å². The molecule has 0 fully saturated rings. The van der Waals surface area contributed by atoms with Gasteiger partial charge in [0.2, 0.25) is 5.91 Å². The first-order valence-corrected chi connectivity index (χ1v) is 6.89. The van der Waals surface area contributed by atoms with Crippen molar-refractivity contribution in [3.8, 4) is 5.75 Å². The highest BCUT2D eigenvalue weighted by molar-refractivity contribution is 5.91. The number of likely N-dealkylation sites (N-methyl/N-ethyl adjacent to an activating group) is 1. The van der Waals surface area contributed by atoms with Crippen molar-refractivity contribution in [1.82, 2.24) is 14.9 Å². The van der Waals surface area contributed by atoms with Crippen LogP contribution in [0.4, 0.5) is 0 Å². The van der Waals surface area contributed by atoms with Crippen molar-refractivity contribution >= 4 is 12.0 Å². The molecule has 0 radical (unpaired) electrons. The fraction of sp³-hybridized carbons (Fsp3) is 0.250. The zero-order chi connectivity index (χ0) is 14.7. The van der Waals surface area contributed by atoms with Gasteiger partial charge in [0, 0.05) is 31.9 Å². The van der Waals surface area contributed by atoms with E-state index in [1.54, 1.807) is 30.4 Å². The number of nitrogens with one attached hydrogen (secondary N) is 1. The Morgan fingerprint density at radius 1 is 1.52 bits per heavy atom. The molecule has 0 saturated heterocycles. The molecule has 1 amide bonds. The topological polar surface area (TPSA) is 58.2 Å². The minimum absolute atomic E-state index is 0.0526. The number of carbonyl (C=O) groups excluding carboxylic acids is 1. The second-order valence-electron chi connectivity index (χ2n) is 5.03. The normalized spacial score (nSPS) is 13.2. The van der Waals surface area contributed by atoms with Gasteiger partial charge in [0.15, 0.2) is 0 Å². The van der Waals surface area contributed by atoms with Crippen LogP contribution in [0.2, 0.25) is 0 Å². The molecule has 1 N–H and O–H groups in total. The molecule has 3 rings (SSSR count). The van der Waals surface area contributed by atoms with Gasteiger partial charge >= 0.3 is 0 Å². The second kappa shape index (κ2) is 5.83. The number of aromatic nitrogens is 2. The summed E-state index contributed by atoms with van der Waals surface area (Å²) in [5.74, 6) is 1.67. The Hall–Kier alpha value is -2.56. The lowest BCUT2D eigenvalue weighted by molar-refractivity contribution is -0.125. The summed E-state index contributed by atoms with van der Waals surface area (Å²) < 4.78 is 5.47. The molecule has 0 saturated carbocycles. The molecule has 0 spiro atoms. The van der Waals surface area contributed by atoms with Gasteiger partial charge in [0.25, 0.3) is 0 Å². The van der Waals surface area contributed by atoms with Gasteiger partial charge in [-0.15, -0.1) is 0 Å². The van der Waals surface area contributed by atoms with Crippen molar-refractivity contribution in [3.63, 3.8) is 0 Å². The van der Waals surface area contributed by atoms with Crippen LogP contribution in [0.3, 0.4) is 0 Å². The Morgan fingerprint density at radius 2 is 2.43 bits per heavy atom. The van der Waals surface area contributed by atoms with Gasteiger partial charge < -0.3 is 14.6 Å². The Kier molecular flexibility index (Phi) is 3.73. The molecule has 2 heterocycles. The van der Waals surface area contributed by atoms with E-state index in [2.05, 4.69) is 16.0 Å². The number of imidazole rings is 1. The lowest BCUT2D eigenvalue weighted by Crippen LogP contribution is -2.24. The highest BCUT2D eigenvalue weighted by Crippen LogP contribution is 2.26. The van der Waals surface area contributed by atoms with Crippen molar-refractivity contribution in [2.24, 2.45) is 0 Å². The third-order valence-electron chi connectivity index (χ3n) is 3.45. The van der Waals surface area contributed by atoms with Gasteiger partial charge in [0.05, 0.1) is 13.2 Å². The lowest BCUT2D eigenvalue weighted by atomic mass is 10.1. The molecule has 1 aliphatic rings. The number of carbonyl (C=O) groups is 1. The first-order chi connectivity index (χ1) is 10.2. The minimum atomic E-state index is -0.0526. The van der Waals surface area contributed by atoms with Crippen LogP contribution in [0.15, 0.2) is 36.7 Å². The number of amides is 1. The summed E-state index contributed by atoms with van der Waals surface area (Å²) in [5, 5.41) is 0. The number of nitrogens with zero attached hydrogens (tertiary/aromatic N) is 2. The van der Waals surface area contributed by atoms with Crippen LogP contribution in [-0.2, 0) is 17.8 Å². The van der Waals surface area contributed by atoms with Crippen LogP contribution in [0, 0.1) is 0 Å². The van der Waals surface area contributed by atoms with Gasteiger partial charge in [-0.25, -0.2) is 4.98 Å². The van der Waals surface area contributed by atoms with E-state index in [-0.39, 0.29) is 5.91 Å². The van der Waals surface area contributed by atoms with Crippen molar-refractivity contribution in [3.05, 3.63) is 53.6 Å². The standard InChI is InChI=1S/C16H17N3O2/c1-19(11-15-17-7-8-18-15)16(20)5-3-12-2-4-14-13(10-12)6-9-21-14/h2-5,7-8,10H,6,9,11H2,1H3,(H,17,18). The fourth-order valence-electron chi connectivity index (χ4n) is 2.29. The molecule has 2 aromatic rings. The predicted octanol–water partition coefficient (Wildman–Crippen LogP) is 2.02. The molecule has 5 heteroatoms. The average Bonchev–Trinajstić information content (AvgIpc) is 3.14. The van der Waals surface area contributed by atoms with Crippen LogP contribution in [-0.4, -0.2) is 34.4 Å². The number of fused-ring (bicyclic) bond motifs is 1. The highest BCUT2D eigenvalue weighted by atomic mass is 16.5. The number of aromatic amines is 1. The second-order valence-corrected chi connectivity index (χ2v) is 5.03. The smallest absolute Gasteiger partial charge is 0.246 e. The Balaban J connectivity index is 1.63. The first kappa shape index (κ1) is 13.4. The highest BCUT2D eigenvalue weighted by Gasteiger charge is 2.11. The molecule has 1 aromatic carbocycles. The van der Waals surface area contributed by atoms with Crippen molar-refractivity contribution in [2.45, 2.75) is 13.0 Å². The van der Waals surface area contributed by atoms with E-state index >= 15 is 0 Å². The number of benzene rings is 1. The quantitative estimate of drug-likeness (QED) is 0.873. The molecule has 0 bridgehead atoms. The van der Waals surface area contributed by atoms with Crippen LogP contribution >= 0.6 is 0 Å². The summed E-state index contributed by atoms with van der Waals surface area (Å²) in [6.45, 7) is 1.21. The molecular weight excluding hydrogens is 266 g/mol. The predicted molar refractivity (Wildman–Crippen MR) is 79.7 cm³/mol. The van der Waals surface area contributed by atoms with Crippen LogP contribution < -0.4 is 4.74 Å². The average molecular weight is 283 g/mol. The lowest BCUT2D eigenvalue weighted by Gasteiger charge is -2.13. The maximum atomic E-state index is 12.0. The third-order valence-corrected chi connectivity index (χ3v) is 3.45. The number of ether oxygens (including phenoxy) is 1. The summed E-state index contributed by atoms with van der Waals surface area (Å²) in [4.78, 5) is 20.8. The van der Waals surface area contributed by atoms with Gasteiger partial charge in [-0.05, 0) is 29.3 Å². The number of H-pyrrole nitrogens is 1. The monoisotopic (exact) mass is 283 g/mol. The van der Waals surface area contributed by atoms with Gasteiger partial charge in [-0.1, -0.05) is 6.07 Å². The van der Waals surface area contributed by atoms with E-state index in [9.17, 15) is 4.79 Å². The van der Waals surface area contributed by atoms with E-state index in [0.29, 0.717) is 6.54 Å². The van der Waals surface area contributed by atoms with E-state index < -0.39 is 0 Å². The molecular formula is C16H17N3O2. The molecule has 5 nitrogen and oxygen atoms in total. The molecule has 1 aliphatic heterocycles. The van der Waals surface area contributed by atoms with Crippen LogP contribution in [0.25, 0.3) is 6.08 Å². The number of hydrogen-bond acceptors (Lipinski definition) is 3. The van der Waals surface area contributed by atoms with Crippen molar-refractivity contribution in [2.75, 3.05) is 13.7 Å². The summed E-state index contributed by atoms with van der Waals surface area (Å²) in [6.07, 6.45) is 7.77. The van der Waals surface area contributed by atoms with Gasteiger partial charge in [0.1, 0.15) is 11.6 Å². The summed E-state index contributed by atoms with van der Waals surface area (Å²) >= 11 is 0. The van der Waals surface area contributed by atoms with E-state index in [1.807, 2.05) is 18.2 Å². The number of rotatable bonds is 4. The molecule has 108 valence electrons. The SMILES string of the molecule is CN(Cc1ncc[nH]1)C(=O)C=Cc1ccc2c(c1)CCO2. The number of hydrogen-bond donors (Lipinski definition) is 1. The first-order valence-electron chi connectivity index (χ1n) is 6.89. The summed E-state index contributed by atoms with van der Waals surface area (Å²) in [6, 6.07) is 5.98. The zero-order valence-corrected chi connectivity index (χ0v) is 11.9. The molecule has 21 heavy (non-hydrogen) atoms. The molecule has 0 aliphatic carbocycles. The van der Waals surface area contributed by atoms with E-state index in [4.69, 9.17) is 4.74 Å². The van der Waals surface area contributed by atoms with Crippen LogP contribution in [0.1, 0.15) is 17.0 Å².